The lowest BCUT2D eigenvalue weighted by Crippen LogP contribution is -2.11. The van der Waals surface area contributed by atoms with Crippen molar-refractivity contribution in [2.45, 2.75) is 44.6 Å². The number of aliphatic hydroxyl groups excluding tert-OH is 1. The number of ether oxygens (including phenoxy) is 1. The van der Waals surface area contributed by atoms with Crippen molar-refractivity contribution in [3.63, 3.8) is 0 Å². The molecule has 1 N–H and O–H groups in total. The van der Waals surface area contributed by atoms with Crippen molar-refractivity contribution in [3.05, 3.63) is 45.6 Å². The summed E-state index contributed by atoms with van der Waals surface area (Å²) in [6.45, 7) is 4.03. The Morgan fingerprint density at radius 3 is 2.58 bits per heavy atom. The highest BCUT2D eigenvalue weighted by Crippen LogP contribution is 2.31. The zero-order valence-corrected chi connectivity index (χ0v) is 16.0. The number of aromatic nitrogens is 1. The van der Waals surface area contributed by atoms with E-state index in [-0.39, 0.29) is 5.69 Å². The molecule has 1 saturated heterocycles. The van der Waals surface area contributed by atoms with Crippen molar-refractivity contribution in [2.75, 3.05) is 12.9 Å². The first-order valence-electron chi connectivity index (χ1n) is 8.42. The predicted octanol–water partition coefficient (Wildman–Crippen LogP) is 3.97. The van der Waals surface area contributed by atoms with Crippen LogP contribution >= 0.6 is 11.8 Å². The number of nitro benzene ring substituents is 1. The third-order valence-electron chi connectivity index (χ3n) is 4.20. The van der Waals surface area contributed by atoms with E-state index in [0.717, 1.165) is 48.3 Å². The average molecular weight is 380 g/mol. The second kappa shape index (κ2) is 9.70. The molecule has 8 heteroatoms. The Balaban J connectivity index is 0.00000117. The molecule has 2 unspecified atom stereocenters. The quantitative estimate of drug-likeness (QED) is 0.598. The van der Waals surface area contributed by atoms with Crippen LogP contribution in [0.15, 0.2) is 28.8 Å². The smallest absolute Gasteiger partial charge is 0.269 e. The summed E-state index contributed by atoms with van der Waals surface area (Å²) in [5.74, 6) is 2.43. The molecular weight excluding hydrogens is 356 g/mol. The molecule has 1 aromatic carbocycles. The Hall–Kier alpha value is -1.90. The van der Waals surface area contributed by atoms with Gasteiger partial charge in [-0.2, -0.15) is 11.8 Å². The highest BCUT2D eigenvalue weighted by atomic mass is 32.2. The van der Waals surface area contributed by atoms with Crippen LogP contribution < -0.4 is 0 Å². The normalized spacial score (nSPS) is 19.1. The first-order valence-corrected chi connectivity index (χ1v) is 9.58. The molecule has 1 fully saturated rings. The molecule has 0 saturated carbocycles. The van der Waals surface area contributed by atoms with Crippen LogP contribution in [0.5, 0.6) is 0 Å². The second-order valence-corrected chi connectivity index (χ2v) is 7.07. The van der Waals surface area contributed by atoms with Gasteiger partial charge in [0.05, 0.1) is 22.8 Å². The lowest BCUT2D eigenvalue weighted by atomic mass is 10.1. The minimum Gasteiger partial charge on any atom is -0.400 e. The maximum Gasteiger partial charge on any atom is 0.269 e. The molecular formula is C18H24N2O5S. The zero-order valence-electron chi connectivity index (χ0n) is 15.2. The number of thioether (sulfide) groups is 1. The van der Waals surface area contributed by atoms with Crippen molar-refractivity contribution in [2.24, 2.45) is 0 Å². The van der Waals surface area contributed by atoms with Crippen molar-refractivity contribution >= 4 is 17.4 Å². The number of aliphatic hydroxyl groups is 1. The molecule has 0 aliphatic carbocycles. The van der Waals surface area contributed by atoms with Crippen LogP contribution in [-0.4, -0.2) is 40.3 Å². The number of hydrogen-bond acceptors (Lipinski definition) is 7. The van der Waals surface area contributed by atoms with Gasteiger partial charge in [-0.15, -0.1) is 0 Å². The van der Waals surface area contributed by atoms with Crippen LogP contribution in [0.1, 0.15) is 31.0 Å². The van der Waals surface area contributed by atoms with E-state index in [1.165, 1.54) is 12.1 Å². The number of aryl methyl sites for hydroxylation is 1. The van der Waals surface area contributed by atoms with Crippen LogP contribution in [0.3, 0.4) is 0 Å². The lowest BCUT2D eigenvalue weighted by molar-refractivity contribution is -0.384. The van der Waals surface area contributed by atoms with E-state index in [4.69, 9.17) is 14.4 Å². The average Bonchev–Trinajstić information content (AvgIpc) is 3.23. The highest BCUT2D eigenvalue weighted by molar-refractivity contribution is 7.98. The standard InChI is InChI=1S/C17H20N2O4S.CH4O/c1-11-3-8-15(22-11)9-24-10-16-12(2)18-23-17(16)13-4-6-14(7-5-13)19(20)21;1-2/h4-7,11,15H,3,8-10H2,1-2H3;2H,1H3. The lowest BCUT2D eigenvalue weighted by Gasteiger charge is -2.10. The fourth-order valence-electron chi connectivity index (χ4n) is 2.82. The minimum absolute atomic E-state index is 0.0680. The molecule has 0 spiro atoms. The third kappa shape index (κ3) is 5.06. The van der Waals surface area contributed by atoms with Gasteiger partial charge in [0.1, 0.15) is 0 Å². The van der Waals surface area contributed by atoms with Gasteiger partial charge in [-0.25, -0.2) is 0 Å². The monoisotopic (exact) mass is 380 g/mol. The van der Waals surface area contributed by atoms with Gasteiger partial charge in [0, 0.05) is 41.9 Å². The van der Waals surface area contributed by atoms with Crippen LogP contribution in [0, 0.1) is 17.0 Å². The Morgan fingerprint density at radius 2 is 2.00 bits per heavy atom. The summed E-state index contributed by atoms with van der Waals surface area (Å²) in [7, 11) is 1.00. The predicted molar refractivity (Wildman–Crippen MR) is 101 cm³/mol. The summed E-state index contributed by atoms with van der Waals surface area (Å²) in [5, 5.41) is 21.8. The van der Waals surface area contributed by atoms with Gasteiger partial charge in [0.2, 0.25) is 0 Å². The molecule has 2 aromatic rings. The Kier molecular flexibility index (Phi) is 7.62. The summed E-state index contributed by atoms with van der Waals surface area (Å²) >= 11 is 1.81. The van der Waals surface area contributed by atoms with E-state index < -0.39 is 4.92 Å². The van der Waals surface area contributed by atoms with E-state index in [9.17, 15) is 10.1 Å². The molecule has 1 aromatic heterocycles. The summed E-state index contributed by atoms with van der Waals surface area (Å²) in [4.78, 5) is 10.4. The van der Waals surface area contributed by atoms with Gasteiger partial charge >= 0.3 is 0 Å². The first kappa shape index (κ1) is 20.4. The van der Waals surface area contributed by atoms with Gasteiger partial charge in [-0.05, 0) is 38.8 Å². The summed E-state index contributed by atoms with van der Waals surface area (Å²) in [6, 6.07) is 6.37. The Bertz CT molecular complexity index is 717. The Labute approximate surface area is 156 Å². The van der Waals surface area contributed by atoms with Gasteiger partial charge in [-0.1, -0.05) is 5.16 Å². The summed E-state index contributed by atoms with van der Waals surface area (Å²) in [5.41, 5.74) is 2.78. The van der Waals surface area contributed by atoms with Crippen LogP contribution in [0.2, 0.25) is 0 Å². The zero-order chi connectivity index (χ0) is 19.1. The maximum atomic E-state index is 10.8. The number of rotatable bonds is 6. The largest absolute Gasteiger partial charge is 0.400 e. The summed E-state index contributed by atoms with van der Waals surface area (Å²) < 4.78 is 11.3. The fourth-order valence-corrected chi connectivity index (χ4v) is 3.99. The first-order chi connectivity index (χ1) is 12.5. The van der Waals surface area contributed by atoms with Crippen LogP contribution in [0.25, 0.3) is 11.3 Å². The molecule has 142 valence electrons. The third-order valence-corrected chi connectivity index (χ3v) is 5.30. The molecule has 0 radical (unpaired) electrons. The molecule has 2 atom stereocenters. The van der Waals surface area contributed by atoms with Crippen LogP contribution in [-0.2, 0) is 10.5 Å². The molecule has 7 nitrogen and oxygen atoms in total. The SMILES string of the molecule is CO.Cc1noc(-c2ccc([N+](=O)[O-])cc2)c1CSCC1CCC(C)O1. The van der Waals surface area contributed by atoms with Crippen LogP contribution in [0.4, 0.5) is 5.69 Å². The Morgan fingerprint density at radius 1 is 1.31 bits per heavy atom. The van der Waals surface area contributed by atoms with Gasteiger partial charge in [-0.3, -0.25) is 10.1 Å². The molecule has 0 amide bonds. The van der Waals surface area contributed by atoms with E-state index >= 15 is 0 Å². The van der Waals surface area contributed by atoms with Crippen molar-refractivity contribution in [1.29, 1.82) is 0 Å². The maximum absolute atomic E-state index is 10.8. The number of benzene rings is 1. The number of non-ortho nitro benzene ring substituents is 1. The van der Waals surface area contributed by atoms with Gasteiger partial charge < -0.3 is 14.4 Å². The van der Waals surface area contributed by atoms with Crippen molar-refractivity contribution in [3.8, 4) is 11.3 Å². The number of nitrogens with zero attached hydrogens (tertiary/aromatic N) is 2. The van der Waals surface area contributed by atoms with E-state index in [1.54, 1.807) is 12.1 Å². The molecule has 1 aliphatic heterocycles. The molecule has 1 aliphatic rings. The minimum atomic E-state index is -0.408. The fraction of sp³-hybridized carbons (Fsp3) is 0.500. The molecule has 0 bridgehead atoms. The van der Waals surface area contributed by atoms with Gasteiger partial charge in [0.25, 0.3) is 5.69 Å². The van der Waals surface area contributed by atoms with Crippen molar-refractivity contribution < 1.29 is 19.3 Å². The van der Waals surface area contributed by atoms with E-state index in [2.05, 4.69) is 12.1 Å². The highest BCUT2D eigenvalue weighted by Gasteiger charge is 2.22. The molecule has 2 heterocycles. The van der Waals surface area contributed by atoms with E-state index in [1.807, 2.05) is 18.7 Å². The molecule has 26 heavy (non-hydrogen) atoms. The number of nitro groups is 1. The van der Waals surface area contributed by atoms with E-state index in [0.29, 0.717) is 18.0 Å². The number of hydrogen-bond donors (Lipinski definition) is 1. The summed E-state index contributed by atoms with van der Waals surface area (Å²) in [6.07, 6.45) is 2.94. The second-order valence-electron chi connectivity index (χ2n) is 6.04. The van der Waals surface area contributed by atoms with Gasteiger partial charge in [0.15, 0.2) is 5.76 Å². The molecule has 3 rings (SSSR count). The van der Waals surface area contributed by atoms with Crippen molar-refractivity contribution in [1.82, 2.24) is 5.16 Å². The topological polar surface area (TPSA) is 98.6 Å².